The highest BCUT2D eigenvalue weighted by Crippen LogP contribution is 2.30. The van der Waals surface area contributed by atoms with Gasteiger partial charge in [-0.15, -0.1) is 0 Å². The maximum absolute atomic E-state index is 11.9. The van der Waals surface area contributed by atoms with Gasteiger partial charge in [0.25, 0.3) is 0 Å². The van der Waals surface area contributed by atoms with Crippen molar-refractivity contribution in [2.45, 2.75) is 18.5 Å². The van der Waals surface area contributed by atoms with Crippen molar-refractivity contribution in [3.05, 3.63) is 64.7 Å². The summed E-state index contributed by atoms with van der Waals surface area (Å²) in [6.45, 7) is 0.703. The monoisotopic (exact) mass is 330 g/mol. The molecule has 0 bridgehead atoms. The highest BCUT2D eigenvalue weighted by molar-refractivity contribution is 6.31. The van der Waals surface area contributed by atoms with E-state index in [1.807, 2.05) is 48.5 Å². The van der Waals surface area contributed by atoms with Crippen LogP contribution >= 0.6 is 11.6 Å². The Bertz CT molecular complexity index is 688. The lowest BCUT2D eigenvalue weighted by atomic mass is 9.97. The summed E-state index contributed by atoms with van der Waals surface area (Å²) in [6, 6.07) is 15.2. The van der Waals surface area contributed by atoms with E-state index in [0.29, 0.717) is 11.6 Å². The van der Waals surface area contributed by atoms with Crippen molar-refractivity contribution < 1.29 is 9.53 Å². The molecule has 0 spiro atoms. The molecule has 1 heterocycles. The molecule has 23 heavy (non-hydrogen) atoms. The molecular weight excluding hydrogens is 312 g/mol. The second kappa shape index (κ2) is 7.02. The van der Waals surface area contributed by atoms with E-state index in [1.165, 1.54) is 0 Å². The highest BCUT2D eigenvalue weighted by Gasteiger charge is 2.28. The lowest BCUT2D eigenvalue weighted by Gasteiger charge is -2.24. The van der Waals surface area contributed by atoms with Gasteiger partial charge >= 0.3 is 0 Å². The van der Waals surface area contributed by atoms with Crippen LogP contribution in [-0.4, -0.2) is 25.6 Å². The van der Waals surface area contributed by atoms with Gasteiger partial charge in [0.05, 0.1) is 19.2 Å². The van der Waals surface area contributed by atoms with Crippen molar-refractivity contribution in [3.63, 3.8) is 0 Å². The first-order valence-electron chi connectivity index (χ1n) is 7.61. The van der Waals surface area contributed by atoms with E-state index >= 15 is 0 Å². The summed E-state index contributed by atoms with van der Waals surface area (Å²) < 4.78 is 5.22. The Kier molecular flexibility index (Phi) is 4.84. The molecule has 1 fully saturated rings. The smallest absolute Gasteiger partial charge is 0.237 e. The number of amides is 1. The van der Waals surface area contributed by atoms with Crippen LogP contribution in [-0.2, 0) is 4.79 Å². The summed E-state index contributed by atoms with van der Waals surface area (Å²) in [4.78, 5) is 11.9. The average molecular weight is 331 g/mol. The van der Waals surface area contributed by atoms with Gasteiger partial charge in [-0.1, -0.05) is 41.9 Å². The van der Waals surface area contributed by atoms with Crippen molar-refractivity contribution >= 4 is 17.5 Å². The molecule has 4 nitrogen and oxygen atoms in total. The minimum absolute atomic E-state index is 0.0376. The lowest BCUT2D eigenvalue weighted by Crippen LogP contribution is -2.39. The number of halogens is 1. The number of carbonyl (C=O) groups excluding carboxylic acids is 1. The first-order valence-corrected chi connectivity index (χ1v) is 7.99. The molecule has 1 saturated heterocycles. The number of hydrogen-bond acceptors (Lipinski definition) is 3. The lowest BCUT2D eigenvalue weighted by molar-refractivity contribution is -0.121. The maximum atomic E-state index is 11.9. The van der Waals surface area contributed by atoms with Gasteiger partial charge in [-0.3, -0.25) is 10.1 Å². The van der Waals surface area contributed by atoms with Crippen LogP contribution in [0, 0.1) is 0 Å². The van der Waals surface area contributed by atoms with Crippen LogP contribution in [0.4, 0.5) is 0 Å². The molecule has 0 aromatic heterocycles. The number of hydrogen-bond donors (Lipinski definition) is 2. The molecule has 1 aliphatic rings. The molecule has 120 valence electrons. The predicted molar refractivity (Wildman–Crippen MR) is 90.8 cm³/mol. The van der Waals surface area contributed by atoms with Crippen LogP contribution in [0.2, 0.25) is 5.02 Å². The van der Waals surface area contributed by atoms with Gasteiger partial charge in [-0.05, 0) is 35.7 Å². The molecule has 0 aliphatic carbocycles. The van der Waals surface area contributed by atoms with Crippen molar-refractivity contribution in [3.8, 4) is 5.75 Å². The van der Waals surface area contributed by atoms with Gasteiger partial charge in [0.2, 0.25) is 5.91 Å². The molecule has 2 aromatic carbocycles. The molecule has 0 unspecified atom stereocenters. The molecule has 5 heteroatoms. The second-order valence-corrected chi connectivity index (χ2v) is 5.93. The minimum Gasteiger partial charge on any atom is -0.497 e. The van der Waals surface area contributed by atoms with Crippen LogP contribution in [0.15, 0.2) is 48.5 Å². The molecule has 3 rings (SSSR count). The van der Waals surface area contributed by atoms with Crippen LogP contribution < -0.4 is 15.4 Å². The second-order valence-electron chi connectivity index (χ2n) is 5.53. The summed E-state index contributed by atoms with van der Waals surface area (Å²) in [5.74, 6) is 0.834. The van der Waals surface area contributed by atoms with Crippen LogP contribution in [0.3, 0.4) is 0 Å². The van der Waals surface area contributed by atoms with Crippen LogP contribution in [0.25, 0.3) is 0 Å². The summed E-state index contributed by atoms with van der Waals surface area (Å²) in [5, 5.41) is 6.98. The van der Waals surface area contributed by atoms with Crippen LogP contribution in [0.5, 0.6) is 5.75 Å². The number of nitrogens with one attached hydrogen (secondary N) is 2. The number of carbonyl (C=O) groups is 1. The Morgan fingerprint density at radius 1 is 1.22 bits per heavy atom. The Morgan fingerprint density at radius 2 is 1.96 bits per heavy atom. The Balaban J connectivity index is 1.95. The maximum Gasteiger partial charge on any atom is 0.237 e. The first-order chi connectivity index (χ1) is 11.2. The fourth-order valence-corrected chi connectivity index (χ4v) is 3.07. The molecule has 1 amide bonds. The van der Waals surface area contributed by atoms with Crippen molar-refractivity contribution in [1.82, 2.24) is 10.6 Å². The fraction of sp³-hybridized carbons (Fsp3) is 0.278. The van der Waals surface area contributed by atoms with Gasteiger partial charge in [0.1, 0.15) is 5.75 Å². The van der Waals surface area contributed by atoms with Gasteiger partial charge in [-0.25, -0.2) is 0 Å². The van der Waals surface area contributed by atoms with E-state index < -0.39 is 0 Å². The highest BCUT2D eigenvalue weighted by atomic mass is 35.5. The molecular formula is C18H19ClN2O2. The standard InChI is InChI=1S/C18H19ClN2O2/c1-23-13-8-6-12(7-9-13)17(14-4-2-3-5-15(14)19)21-16-10-11-20-18(16)22/h2-9,16-17,21H,10-11H2,1H3,(H,20,22)/t16-,17-/m1/s1. The third-order valence-corrected chi connectivity index (χ3v) is 4.43. The normalized spacial score (nSPS) is 18.5. The first kappa shape index (κ1) is 15.8. The molecule has 0 radical (unpaired) electrons. The Hall–Kier alpha value is -2.04. The molecule has 1 aliphatic heterocycles. The Morgan fingerprint density at radius 3 is 2.57 bits per heavy atom. The van der Waals surface area contributed by atoms with E-state index in [2.05, 4.69) is 10.6 Å². The largest absolute Gasteiger partial charge is 0.497 e. The van der Waals surface area contributed by atoms with E-state index in [0.717, 1.165) is 23.3 Å². The third kappa shape index (κ3) is 3.49. The van der Waals surface area contributed by atoms with Gasteiger partial charge < -0.3 is 10.1 Å². The summed E-state index contributed by atoms with van der Waals surface area (Å²) in [5.41, 5.74) is 2.00. The fourth-order valence-electron chi connectivity index (χ4n) is 2.83. The topological polar surface area (TPSA) is 50.4 Å². The van der Waals surface area contributed by atoms with Crippen molar-refractivity contribution in [1.29, 1.82) is 0 Å². The van der Waals surface area contributed by atoms with Crippen molar-refractivity contribution in [2.24, 2.45) is 0 Å². The number of benzene rings is 2. The SMILES string of the molecule is COc1ccc([C@@H](N[C@@H]2CCNC2=O)c2ccccc2Cl)cc1. The molecule has 2 atom stereocenters. The van der Waals surface area contributed by atoms with E-state index in [1.54, 1.807) is 7.11 Å². The molecule has 2 aromatic rings. The number of methoxy groups -OCH3 is 1. The summed E-state index contributed by atoms with van der Waals surface area (Å²) in [7, 11) is 1.64. The predicted octanol–water partition coefficient (Wildman–Crippen LogP) is 2.92. The molecule has 2 N–H and O–H groups in total. The number of ether oxygens (including phenoxy) is 1. The minimum atomic E-state index is -0.210. The Labute approximate surface area is 140 Å². The van der Waals surface area contributed by atoms with Gasteiger partial charge in [-0.2, -0.15) is 0 Å². The quantitative estimate of drug-likeness (QED) is 0.886. The van der Waals surface area contributed by atoms with E-state index in [4.69, 9.17) is 16.3 Å². The summed E-state index contributed by atoms with van der Waals surface area (Å²) >= 11 is 6.38. The van der Waals surface area contributed by atoms with Crippen LogP contribution in [0.1, 0.15) is 23.6 Å². The van der Waals surface area contributed by atoms with E-state index in [9.17, 15) is 4.79 Å². The summed E-state index contributed by atoms with van der Waals surface area (Å²) in [6.07, 6.45) is 0.774. The van der Waals surface area contributed by atoms with E-state index in [-0.39, 0.29) is 18.0 Å². The zero-order valence-electron chi connectivity index (χ0n) is 12.9. The zero-order chi connectivity index (χ0) is 16.2. The zero-order valence-corrected chi connectivity index (χ0v) is 13.6. The molecule has 0 saturated carbocycles. The van der Waals surface area contributed by atoms with Gasteiger partial charge in [0.15, 0.2) is 0 Å². The third-order valence-electron chi connectivity index (χ3n) is 4.08. The average Bonchev–Trinajstić information content (AvgIpc) is 2.98. The number of rotatable bonds is 5. The van der Waals surface area contributed by atoms with Gasteiger partial charge in [0, 0.05) is 11.6 Å². The van der Waals surface area contributed by atoms with Crippen molar-refractivity contribution in [2.75, 3.05) is 13.7 Å².